The zero-order valence-electron chi connectivity index (χ0n) is 11.8. The number of rotatable bonds is 6. The van der Waals surface area contributed by atoms with Gasteiger partial charge in [-0.3, -0.25) is 4.99 Å². The molecule has 2 aromatic heterocycles. The number of guanidine groups is 1. The normalized spacial score (nSPS) is 14.3. The van der Waals surface area contributed by atoms with Crippen molar-refractivity contribution in [2.24, 2.45) is 10.7 Å². The van der Waals surface area contributed by atoms with Gasteiger partial charge in [0, 0.05) is 16.3 Å². The zero-order chi connectivity index (χ0) is 14.4. The summed E-state index contributed by atoms with van der Waals surface area (Å²) < 4.78 is 0. The fourth-order valence-electron chi connectivity index (χ4n) is 1.73. The van der Waals surface area contributed by atoms with Gasteiger partial charge in [0.1, 0.15) is 5.60 Å². The first kappa shape index (κ1) is 18.4. The smallest absolute Gasteiger partial charge is 0.188 e. The van der Waals surface area contributed by atoms with Crippen molar-refractivity contribution in [3.63, 3.8) is 0 Å². The summed E-state index contributed by atoms with van der Waals surface area (Å²) in [5.41, 5.74) is 4.84. The van der Waals surface area contributed by atoms with Crippen LogP contribution in [0.4, 0.5) is 0 Å². The van der Waals surface area contributed by atoms with Gasteiger partial charge in [0.05, 0.1) is 6.54 Å². The third-order valence-electron chi connectivity index (χ3n) is 2.87. The molecule has 0 fully saturated rings. The molecule has 2 heterocycles. The van der Waals surface area contributed by atoms with Gasteiger partial charge in [-0.25, -0.2) is 0 Å². The predicted molar refractivity (Wildman–Crippen MR) is 102 cm³/mol. The summed E-state index contributed by atoms with van der Waals surface area (Å²) in [6.07, 6.45) is 0.926. The molecule has 2 aromatic rings. The number of aliphatic imine (C=N–C) groups is 1. The average Bonchev–Trinajstić information content (AvgIpc) is 3.09. The average molecular weight is 437 g/mol. The Kier molecular flexibility index (Phi) is 7.64. The van der Waals surface area contributed by atoms with Crippen LogP contribution in [-0.4, -0.2) is 24.2 Å². The van der Waals surface area contributed by atoms with Gasteiger partial charge >= 0.3 is 0 Å². The van der Waals surface area contributed by atoms with Gasteiger partial charge in [0.2, 0.25) is 0 Å². The molecule has 0 bridgehead atoms. The fraction of sp³-hybridized carbons (Fsp3) is 0.357. The van der Waals surface area contributed by atoms with E-state index in [9.17, 15) is 5.11 Å². The Labute approximate surface area is 150 Å². The quantitative estimate of drug-likeness (QED) is 0.370. The molecule has 116 valence electrons. The maximum absolute atomic E-state index is 10.3. The molecule has 1 atom stereocenters. The first-order valence-corrected chi connectivity index (χ1v) is 8.16. The lowest BCUT2D eigenvalue weighted by atomic mass is 10.1. The molecular weight excluding hydrogens is 417 g/mol. The minimum absolute atomic E-state index is 0. The highest BCUT2D eigenvalue weighted by molar-refractivity contribution is 14.0. The molecule has 4 N–H and O–H groups in total. The van der Waals surface area contributed by atoms with E-state index in [1.807, 2.05) is 23.6 Å². The topological polar surface area (TPSA) is 70.6 Å². The largest absolute Gasteiger partial charge is 0.383 e. The van der Waals surface area contributed by atoms with Gasteiger partial charge < -0.3 is 16.2 Å². The highest BCUT2D eigenvalue weighted by Gasteiger charge is 2.23. The van der Waals surface area contributed by atoms with Crippen molar-refractivity contribution in [3.8, 4) is 0 Å². The van der Waals surface area contributed by atoms with Gasteiger partial charge in [0.25, 0.3) is 0 Å². The standard InChI is InChI=1S/C14H19N3OS2.HI/c1-14(18,12-5-3-9-20-12)10-17-13(15)16-7-6-11-4-2-8-19-11;/h2-5,8-9,18H,6-7,10H2,1H3,(H3,15,16,17);1H. The maximum Gasteiger partial charge on any atom is 0.188 e. The number of halogens is 1. The van der Waals surface area contributed by atoms with Crippen molar-refractivity contribution >= 4 is 52.6 Å². The predicted octanol–water partition coefficient (Wildman–Crippen LogP) is 2.78. The monoisotopic (exact) mass is 437 g/mol. The van der Waals surface area contributed by atoms with Gasteiger partial charge in [-0.05, 0) is 36.2 Å². The van der Waals surface area contributed by atoms with E-state index in [1.165, 1.54) is 16.2 Å². The number of hydrogen-bond donors (Lipinski definition) is 3. The zero-order valence-corrected chi connectivity index (χ0v) is 15.7. The second-order valence-electron chi connectivity index (χ2n) is 4.71. The van der Waals surface area contributed by atoms with Crippen LogP contribution in [0.25, 0.3) is 0 Å². The second kappa shape index (κ2) is 8.72. The van der Waals surface area contributed by atoms with Crippen molar-refractivity contribution in [2.45, 2.75) is 18.9 Å². The third kappa shape index (κ3) is 5.93. The molecule has 1 unspecified atom stereocenters. The SMILES string of the molecule is CC(O)(CN=C(N)NCCc1cccs1)c1cccs1.I. The minimum Gasteiger partial charge on any atom is -0.383 e. The Hall–Kier alpha value is -0.640. The number of aliphatic hydroxyl groups is 1. The van der Waals surface area contributed by atoms with Crippen LogP contribution in [0.1, 0.15) is 16.7 Å². The summed E-state index contributed by atoms with van der Waals surface area (Å²) in [6.45, 7) is 2.75. The number of nitrogens with one attached hydrogen (secondary N) is 1. The van der Waals surface area contributed by atoms with E-state index in [1.54, 1.807) is 18.3 Å². The molecule has 0 aliphatic heterocycles. The van der Waals surface area contributed by atoms with E-state index >= 15 is 0 Å². The number of hydrogen-bond acceptors (Lipinski definition) is 4. The minimum atomic E-state index is -0.964. The van der Waals surface area contributed by atoms with Crippen LogP contribution in [0, 0.1) is 0 Å². The van der Waals surface area contributed by atoms with Crippen molar-refractivity contribution in [1.29, 1.82) is 0 Å². The van der Waals surface area contributed by atoms with Crippen molar-refractivity contribution in [1.82, 2.24) is 5.32 Å². The number of nitrogens with zero attached hydrogens (tertiary/aromatic N) is 1. The summed E-state index contributed by atoms with van der Waals surface area (Å²) in [4.78, 5) is 6.43. The van der Waals surface area contributed by atoms with E-state index in [4.69, 9.17) is 5.73 Å². The van der Waals surface area contributed by atoms with Gasteiger partial charge in [0.15, 0.2) is 5.96 Å². The molecule has 0 aliphatic rings. The maximum atomic E-state index is 10.3. The first-order valence-electron chi connectivity index (χ1n) is 6.40. The van der Waals surface area contributed by atoms with E-state index in [0.29, 0.717) is 5.96 Å². The Morgan fingerprint density at radius 2 is 2.05 bits per heavy atom. The van der Waals surface area contributed by atoms with E-state index in [-0.39, 0.29) is 30.5 Å². The second-order valence-corrected chi connectivity index (χ2v) is 6.69. The molecule has 0 saturated heterocycles. The van der Waals surface area contributed by atoms with E-state index in [0.717, 1.165) is 17.8 Å². The molecule has 0 aromatic carbocycles. The highest BCUT2D eigenvalue weighted by atomic mass is 127. The van der Waals surface area contributed by atoms with Gasteiger partial charge in [-0.2, -0.15) is 0 Å². The van der Waals surface area contributed by atoms with Crippen molar-refractivity contribution < 1.29 is 5.11 Å². The molecule has 2 rings (SSSR count). The first-order chi connectivity index (χ1) is 9.58. The molecule has 0 saturated carbocycles. The Bertz CT molecular complexity index is 539. The van der Waals surface area contributed by atoms with Crippen molar-refractivity contribution in [3.05, 3.63) is 44.8 Å². The van der Waals surface area contributed by atoms with Crippen LogP contribution in [0.15, 0.2) is 40.0 Å². The summed E-state index contributed by atoms with van der Waals surface area (Å²) in [6, 6.07) is 7.96. The fourth-order valence-corrected chi connectivity index (χ4v) is 3.21. The highest BCUT2D eigenvalue weighted by Crippen LogP contribution is 2.25. The molecule has 0 aliphatic carbocycles. The lowest BCUT2D eigenvalue weighted by molar-refractivity contribution is 0.0712. The Morgan fingerprint density at radius 3 is 2.67 bits per heavy atom. The van der Waals surface area contributed by atoms with Crippen LogP contribution >= 0.6 is 46.7 Å². The van der Waals surface area contributed by atoms with Crippen LogP contribution < -0.4 is 11.1 Å². The molecular formula is C14H20IN3OS2. The third-order valence-corrected chi connectivity index (χ3v) is 4.93. The Morgan fingerprint density at radius 1 is 1.33 bits per heavy atom. The molecule has 4 nitrogen and oxygen atoms in total. The van der Waals surface area contributed by atoms with Crippen LogP contribution in [-0.2, 0) is 12.0 Å². The van der Waals surface area contributed by atoms with Crippen LogP contribution in [0.3, 0.4) is 0 Å². The summed E-state index contributed by atoms with van der Waals surface area (Å²) in [5, 5.41) is 17.4. The molecule has 7 heteroatoms. The Balaban J connectivity index is 0.00000220. The number of thiophene rings is 2. The number of nitrogens with two attached hydrogens (primary N) is 1. The lowest BCUT2D eigenvalue weighted by Crippen LogP contribution is -2.35. The van der Waals surface area contributed by atoms with Crippen molar-refractivity contribution in [2.75, 3.05) is 13.1 Å². The molecule has 21 heavy (non-hydrogen) atoms. The van der Waals surface area contributed by atoms with Crippen LogP contribution in [0.5, 0.6) is 0 Å². The van der Waals surface area contributed by atoms with Gasteiger partial charge in [-0.1, -0.05) is 12.1 Å². The van der Waals surface area contributed by atoms with Crippen LogP contribution in [0.2, 0.25) is 0 Å². The van der Waals surface area contributed by atoms with E-state index < -0.39 is 5.60 Å². The van der Waals surface area contributed by atoms with Gasteiger partial charge in [-0.15, -0.1) is 46.7 Å². The molecule has 0 amide bonds. The van der Waals surface area contributed by atoms with E-state index in [2.05, 4.69) is 21.8 Å². The summed E-state index contributed by atoms with van der Waals surface area (Å²) in [7, 11) is 0. The lowest BCUT2D eigenvalue weighted by Gasteiger charge is -2.19. The molecule has 0 spiro atoms. The summed E-state index contributed by atoms with van der Waals surface area (Å²) >= 11 is 3.25. The molecule has 0 radical (unpaired) electrons. The summed E-state index contributed by atoms with van der Waals surface area (Å²) in [5.74, 6) is 0.374.